The van der Waals surface area contributed by atoms with E-state index in [4.69, 9.17) is 28.4 Å². The lowest BCUT2D eigenvalue weighted by Gasteiger charge is -2.35. The van der Waals surface area contributed by atoms with Gasteiger partial charge in [0.15, 0.2) is 35.1 Å². The Bertz CT molecular complexity index is 1030. The van der Waals surface area contributed by atoms with Gasteiger partial charge in [0.2, 0.25) is 12.5 Å². The number of likely N-dealkylation sites (N-methyl/N-ethyl adjacent to an activating group) is 1. The van der Waals surface area contributed by atoms with Gasteiger partial charge in [-0.2, -0.15) is 0 Å². The molecular formula is C22H24NO7+. The smallest absolute Gasteiger partial charge is 0.343 e. The summed E-state index contributed by atoms with van der Waals surface area (Å²) in [5.74, 6) is 2.43. The van der Waals surface area contributed by atoms with E-state index in [2.05, 4.69) is 7.05 Å². The third-order valence-corrected chi connectivity index (χ3v) is 6.20. The molecule has 0 fully saturated rings. The van der Waals surface area contributed by atoms with E-state index >= 15 is 0 Å². The van der Waals surface area contributed by atoms with Gasteiger partial charge in [0.25, 0.3) is 0 Å². The molecule has 0 saturated carbocycles. The molecule has 1 N–H and O–H groups in total. The third kappa shape index (κ3) is 2.53. The Morgan fingerprint density at radius 3 is 2.60 bits per heavy atom. The molecule has 3 aliphatic rings. The molecule has 2 aromatic carbocycles. The van der Waals surface area contributed by atoms with Crippen molar-refractivity contribution in [3.05, 3.63) is 40.5 Å². The highest BCUT2D eigenvalue weighted by Crippen LogP contribution is 2.52. The molecule has 0 aromatic heterocycles. The second kappa shape index (κ2) is 6.98. The SMILES string of the molecule is COc1ccc2c(c1OC)C(=O)O[C@H]2[C@@H]1c2c(cc3c(c2OC)OCO3)CC[NH+]1C. The van der Waals surface area contributed by atoms with E-state index in [1.54, 1.807) is 14.2 Å². The van der Waals surface area contributed by atoms with E-state index < -0.39 is 12.1 Å². The quantitative estimate of drug-likeness (QED) is 0.759. The number of nitrogens with one attached hydrogen (secondary N) is 1. The number of carbonyl (C=O) groups is 1. The van der Waals surface area contributed by atoms with Crippen LogP contribution in [0, 0.1) is 0 Å². The van der Waals surface area contributed by atoms with Crippen molar-refractivity contribution in [2.24, 2.45) is 0 Å². The Balaban J connectivity index is 1.69. The summed E-state index contributed by atoms with van der Waals surface area (Å²) in [6.45, 7) is 1.05. The van der Waals surface area contributed by atoms with Crippen LogP contribution in [0.15, 0.2) is 18.2 Å². The van der Waals surface area contributed by atoms with E-state index in [1.165, 1.54) is 12.0 Å². The monoisotopic (exact) mass is 414 g/mol. The van der Waals surface area contributed by atoms with Crippen LogP contribution < -0.4 is 28.6 Å². The van der Waals surface area contributed by atoms with Crippen LogP contribution >= 0.6 is 0 Å². The first-order valence-corrected chi connectivity index (χ1v) is 9.86. The number of fused-ring (bicyclic) bond motifs is 3. The number of rotatable bonds is 4. The number of hydrogen-bond donors (Lipinski definition) is 1. The molecule has 8 heteroatoms. The largest absolute Gasteiger partial charge is 0.493 e. The van der Waals surface area contributed by atoms with Gasteiger partial charge in [-0.3, -0.25) is 0 Å². The second-order valence-electron chi connectivity index (χ2n) is 7.63. The molecule has 2 aromatic rings. The van der Waals surface area contributed by atoms with E-state index in [0.717, 1.165) is 29.7 Å². The van der Waals surface area contributed by atoms with Crippen molar-refractivity contribution in [1.29, 1.82) is 0 Å². The number of methoxy groups -OCH3 is 3. The van der Waals surface area contributed by atoms with Crippen LogP contribution in [0.2, 0.25) is 0 Å². The summed E-state index contributed by atoms with van der Waals surface area (Å²) >= 11 is 0. The standard InChI is InChI=1S/C22H23NO7/c1-23-8-7-11-9-14-20(29-10-28-14)21(27-4)15(11)17(23)18-12-5-6-13(25-2)19(26-3)16(12)22(24)30-18/h5-6,9,17-18H,7-8,10H2,1-4H3/p+1/t17-,18+/m0/s1. The number of benzene rings is 2. The zero-order valence-corrected chi connectivity index (χ0v) is 17.4. The fourth-order valence-corrected chi connectivity index (χ4v) is 4.85. The Morgan fingerprint density at radius 2 is 1.87 bits per heavy atom. The first-order chi connectivity index (χ1) is 14.6. The summed E-state index contributed by atoms with van der Waals surface area (Å²) in [7, 11) is 6.80. The Hall–Kier alpha value is -3.13. The molecule has 3 heterocycles. The van der Waals surface area contributed by atoms with Gasteiger partial charge >= 0.3 is 5.97 Å². The summed E-state index contributed by atoms with van der Waals surface area (Å²) in [5, 5.41) is 0. The maximum atomic E-state index is 12.9. The zero-order valence-electron chi connectivity index (χ0n) is 17.4. The van der Waals surface area contributed by atoms with Crippen molar-refractivity contribution < 1.29 is 38.1 Å². The molecule has 3 atom stereocenters. The number of quaternary nitrogens is 1. The van der Waals surface area contributed by atoms with Gasteiger partial charge < -0.3 is 33.3 Å². The van der Waals surface area contributed by atoms with E-state index in [0.29, 0.717) is 34.3 Å². The molecule has 8 nitrogen and oxygen atoms in total. The average molecular weight is 414 g/mol. The molecule has 0 aliphatic carbocycles. The maximum Gasteiger partial charge on any atom is 0.343 e. The minimum Gasteiger partial charge on any atom is -0.493 e. The van der Waals surface area contributed by atoms with E-state index in [1.807, 2.05) is 18.2 Å². The van der Waals surface area contributed by atoms with Crippen molar-refractivity contribution in [1.82, 2.24) is 0 Å². The summed E-state index contributed by atoms with van der Waals surface area (Å²) in [5.41, 5.74) is 3.32. The Morgan fingerprint density at radius 1 is 1.07 bits per heavy atom. The van der Waals surface area contributed by atoms with E-state index in [-0.39, 0.29) is 12.8 Å². The molecular weight excluding hydrogens is 390 g/mol. The van der Waals surface area contributed by atoms with Crippen molar-refractivity contribution >= 4 is 5.97 Å². The van der Waals surface area contributed by atoms with Gasteiger partial charge in [-0.05, 0) is 17.7 Å². The zero-order chi connectivity index (χ0) is 21.0. The molecule has 0 amide bonds. The van der Waals surface area contributed by atoms with Crippen LogP contribution in [0.3, 0.4) is 0 Å². The van der Waals surface area contributed by atoms with Gasteiger partial charge in [0.1, 0.15) is 5.56 Å². The first kappa shape index (κ1) is 18.9. The maximum absolute atomic E-state index is 12.9. The van der Waals surface area contributed by atoms with Crippen molar-refractivity contribution in [3.63, 3.8) is 0 Å². The van der Waals surface area contributed by atoms with Crippen LogP contribution in [0.4, 0.5) is 0 Å². The fourth-order valence-electron chi connectivity index (χ4n) is 4.85. The van der Waals surface area contributed by atoms with Gasteiger partial charge in [-0.15, -0.1) is 0 Å². The fraction of sp³-hybridized carbons (Fsp3) is 0.409. The number of hydrogen-bond acceptors (Lipinski definition) is 7. The molecule has 30 heavy (non-hydrogen) atoms. The molecule has 1 unspecified atom stereocenters. The first-order valence-electron chi connectivity index (χ1n) is 9.86. The highest BCUT2D eigenvalue weighted by Gasteiger charge is 2.48. The van der Waals surface area contributed by atoms with Crippen molar-refractivity contribution in [2.75, 3.05) is 41.7 Å². The Kier molecular flexibility index (Phi) is 4.39. The van der Waals surface area contributed by atoms with Crippen LogP contribution in [0.1, 0.15) is 39.2 Å². The molecule has 0 bridgehead atoms. The summed E-state index contributed by atoms with van der Waals surface area (Å²) < 4.78 is 33.9. The second-order valence-corrected chi connectivity index (χ2v) is 7.63. The van der Waals surface area contributed by atoms with Crippen LogP contribution in [0.5, 0.6) is 28.7 Å². The van der Waals surface area contributed by atoms with Crippen LogP contribution in [-0.4, -0.2) is 47.7 Å². The van der Waals surface area contributed by atoms with E-state index in [9.17, 15) is 4.79 Å². The van der Waals surface area contributed by atoms with Gasteiger partial charge in [-0.1, -0.05) is 6.07 Å². The number of cyclic esters (lactones) is 1. The molecule has 0 saturated heterocycles. The normalized spacial score (nSPS) is 23.5. The highest BCUT2D eigenvalue weighted by atomic mass is 16.7. The number of ether oxygens (including phenoxy) is 6. The lowest BCUT2D eigenvalue weighted by atomic mass is 9.85. The predicted molar refractivity (Wildman–Crippen MR) is 105 cm³/mol. The number of esters is 1. The minimum atomic E-state index is -0.486. The van der Waals surface area contributed by atoms with Crippen molar-refractivity contribution in [3.8, 4) is 28.7 Å². The third-order valence-electron chi connectivity index (χ3n) is 6.20. The topological polar surface area (TPSA) is 76.9 Å². The highest BCUT2D eigenvalue weighted by molar-refractivity contribution is 5.98. The minimum absolute atomic E-state index is 0.165. The lowest BCUT2D eigenvalue weighted by Crippen LogP contribution is -3.11. The predicted octanol–water partition coefficient (Wildman–Crippen LogP) is 1.46. The van der Waals surface area contributed by atoms with Crippen LogP contribution in [-0.2, 0) is 11.2 Å². The molecule has 158 valence electrons. The van der Waals surface area contributed by atoms with Crippen molar-refractivity contribution in [2.45, 2.75) is 18.6 Å². The summed E-state index contributed by atoms with van der Waals surface area (Å²) in [6, 6.07) is 5.54. The number of carbonyl (C=O) groups excluding carboxylic acids is 1. The summed E-state index contributed by atoms with van der Waals surface area (Å²) in [4.78, 5) is 14.1. The molecule has 5 rings (SSSR count). The lowest BCUT2D eigenvalue weighted by molar-refractivity contribution is -0.919. The van der Waals surface area contributed by atoms with Gasteiger partial charge in [-0.25, -0.2) is 4.79 Å². The van der Waals surface area contributed by atoms with Gasteiger partial charge in [0, 0.05) is 12.0 Å². The molecule has 3 aliphatic heterocycles. The summed E-state index contributed by atoms with van der Waals surface area (Å²) in [6.07, 6.45) is 0.380. The van der Waals surface area contributed by atoms with Crippen LogP contribution in [0.25, 0.3) is 0 Å². The Labute approximate surface area is 174 Å². The molecule has 0 spiro atoms. The molecule has 0 radical (unpaired) electrons. The van der Waals surface area contributed by atoms with Gasteiger partial charge in [0.05, 0.1) is 40.5 Å². The average Bonchev–Trinajstić information content (AvgIpc) is 3.35.